The van der Waals surface area contributed by atoms with Gasteiger partial charge in [0.05, 0.1) is 12.7 Å². The normalized spacial score (nSPS) is 18.1. The predicted octanol–water partition coefficient (Wildman–Crippen LogP) is 7.42. The number of methoxy groups -OCH3 is 1. The minimum atomic E-state index is -0.297. The Balaban J connectivity index is 1.90. The fourth-order valence-corrected chi connectivity index (χ4v) is 4.60. The summed E-state index contributed by atoms with van der Waals surface area (Å²) in [4.78, 5) is 11.6. The van der Waals surface area contributed by atoms with Crippen LogP contribution in [0.25, 0.3) is 6.08 Å². The van der Waals surface area contributed by atoms with Crippen LogP contribution in [0.3, 0.4) is 0 Å². The molecule has 2 aromatic rings. The summed E-state index contributed by atoms with van der Waals surface area (Å²) in [5, 5.41) is 0. The van der Waals surface area contributed by atoms with Crippen LogP contribution in [-0.2, 0) is 15.6 Å². The Bertz CT molecular complexity index is 916. The van der Waals surface area contributed by atoms with Crippen molar-refractivity contribution in [2.75, 3.05) is 7.11 Å². The fourth-order valence-electron chi connectivity index (χ4n) is 4.60. The summed E-state index contributed by atoms with van der Waals surface area (Å²) in [6, 6.07) is 14.8. The Morgan fingerprint density at radius 3 is 2.23 bits per heavy atom. The molecular weight excluding hydrogens is 368 g/mol. The van der Waals surface area contributed by atoms with Gasteiger partial charge in [0.1, 0.15) is 0 Å². The number of fused-ring (bicyclic) bond motifs is 1. The first-order valence-corrected chi connectivity index (χ1v) is 11.2. The lowest BCUT2D eigenvalue weighted by Crippen LogP contribution is -2.34. The molecule has 0 fully saturated rings. The largest absolute Gasteiger partial charge is 0.465 e. The molecule has 2 heteroatoms. The number of benzene rings is 2. The van der Waals surface area contributed by atoms with Gasteiger partial charge in [0.15, 0.2) is 0 Å². The molecule has 160 valence electrons. The van der Waals surface area contributed by atoms with E-state index in [1.807, 2.05) is 24.3 Å². The third kappa shape index (κ3) is 4.69. The quantitative estimate of drug-likeness (QED) is 0.468. The number of carbonyl (C=O) groups excluding carboxylic acids is 1. The van der Waals surface area contributed by atoms with Gasteiger partial charge in [0, 0.05) is 5.92 Å². The van der Waals surface area contributed by atoms with Crippen molar-refractivity contribution in [3.05, 3.63) is 76.4 Å². The summed E-state index contributed by atoms with van der Waals surface area (Å²) in [5.41, 5.74) is 6.60. The fraction of sp³-hybridized carbons (Fsp3) is 0.464. The van der Waals surface area contributed by atoms with Crippen LogP contribution in [0.2, 0.25) is 0 Å². The third-order valence-corrected chi connectivity index (χ3v) is 6.76. The second kappa shape index (κ2) is 8.79. The molecule has 1 aliphatic carbocycles. The minimum absolute atomic E-state index is 0.227. The number of ether oxygens (including phenoxy) is 1. The van der Waals surface area contributed by atoms with Crippen molar-refractivity contribution in [1.29, 1.82) is 0 Å². The number of rotatable bonds is 6. The van der Waals surface area contributed by atoms with Gasteiger partial charge in [0.2, 0.25) is 0 Å². The molecule has 0 bridgehead atoms. The summed E-state index contributed by atoms with van der Waals surface area (Å²) in [5.74, 6) is 0.0930. The number of hydrogen-bond donors (Lipinski definition) is 0. The lowest BCUT2D eigenvalue weighted by molar-refractivity contribution is 0.0600. The molecule has 0 aliphatic heterocycles. The summed E-state index contributed by atoms with van der Waals surface area (Å²) in [7, 11) is 1.41. The third-order valence-electron chi connectivity index (χ3n) is 6.76. The van der Waals surface area contributed by atoms with Crippen molar-refractivity contribution in [2.45, 2.75) is 77.0 Å². The van der Waals surface area contributed by atoms with Gasteiger partial charge in [-0.3, -0.25) is 0 Å². The first-order chi connectivity index (χ1) is 14.2. The van der Waals surface area contributed by atoms with Crippen molar-refractivity contribution >= 4 is 12.0 Å². The SMILES string of the molecule is CCCC(/C=C/c1ccc(C(=O)OC)cc1)c1ccc2c(c1)C(C)(C)CCC2(C)C. The summed E-state index contributed by atoms with van der Waals surface area (Å²) < 4.78 is 4.78. The molecule has 1 aliphatic rings. The predicted molar refractivity (Wildman–Crippen MR) is 126 cm³/mol. The van der Waals surface area contributed by atoms with Crippen LogP contribution in [0.5, 0.6) is 0 Å². The van der Waals surface area contributed by atoms with Crippen LogP contribution in [0.15, 0.2) is 48.5 Å². The highest BCUT2D eigenvalue weighted by Crippen LogP contribution is 2.46. The Kier molecular flexibility index (Phi) is 6.55. The van der Waals surface area contributed by atoms with Gasteiger partial charge in [-0.05, 0) is 64.5 Å². The zero-order valence-corrected chi connectivity index (χ0v) is 19.4. The van der Waals surface area contributed by atoms with E-state index >= 15 is 0 Å². The van der Waals surface area contributed by atoms with Crippen LogP contribution in [-0.4, -0.2) is 13.1 Å². The van der Waals surface area contributed by atoms with E-state index in [4.69, 9.17) is 4.74 Å². The van der Waals surface area contributed by atoms with Crippen LogP contribution < -0.4 is 0 Å². The lowest BCUT2D eigenvalue weighted by Gasteiger charge is -2.42. The van der Waals surface area contributed by atoms with Crippen LogP contribution in [0.4, 0.5) is 0 Å². The second-order valence-electron chi connectivity index (χ2n) is 9.94. The monoisotopic (exact) mass is 404 g/mol. The summed E-state index contributed by atoms with van der Waals surface area (Å²) in [6.07, 6.45) is 9.24. The molecule has 0 aromatic heterocycles. The van der Waals surface area contributed by atoms with Gasteiger partial charge in [-0.1, -0.05) is 83.5 Å². The van der Waals surface area contributed by atoms with Crippen molar-refractivity contribution < 1.29 is 9.53 Å². The van der Waals surface area contributed by atoms with E-state index in [2.05, 4.69) is 65.0 Å². The lowest BCUT2D eigenvalue weighted by atomic mass is 9.62. The van der Waals surface area contributed by atoms with Gasteiger partial charge < -0.3 is 4.74 Å². The molecule has 30 heavy (non-hydrogen) atoms. The van der Waals surface area contributed by atoms with Crippen molar-refractivity contribution in [2.24, 2.45) is 0 Å². The topological polar surface area (TPSA) is 26.3 Å². The highest BCUT2D eigenvalue weighted by Gasteiger charge is 2.37. The number of esters is 1. The number of hydrogen-bond acceptors (Lipinski definition) is 2. The van der Waals surface area contributed by atoms with E-state index < -0.39 is 0 Å². The van der Waals surface area contributed by atoms with Gasteiger partial charge in [-0.15, -0.1) is 0 Å². The zero-order chi connectivity index (χ0) is 21.9. The van der Waals surface area contributed by atoms with Crippen LogP contribution >= 0.6 is 0 Å². The van der Waals surface area contributed by atoms with Crippen molar-refractivity contribution in [3.8, 4) is 0 Å². The molecule has 3 rings (SSSR count). The maximum absolute atomic E-state index is 11.6. The van der Waals surface area contributed by atoms with Gasteiger partial charge >= 0.3 is 5.97 Å². The number of allylic oxidation sites excluding steroid dienone is 1. The van der Waals surface area contributed by atoms with E-state index in [-0.39, 0.29) is 16.8 Å². The molecular formula is C28H36O2. The molecule has 0 saturated carbocycles. The molecule has 0 N–H and O–H groups in total. The molecule has 0 amide bonds. The molecule has 0 spiro atoms. The average Bonchev–Trinajstić information content (AvgIpc) is 2.74. The zero-order valence-electron chi connectivity index (χ0n) is 19.4. The van der Waals surface area contributed by atoms with E-state index in [1.54, 1.807) is 0 Å². The van der Waals surface area contributed by atoms with Gasteiger partial charge in [-0.2, -0.15) is 0 Å². The van der Waals surface area contributed by atoms with Gasteiger partial charge in [0.25, 0.3) is 0 Å². The Morgan fingerprint density at radius 1 is 1.00 bits per heavy atom. The summed E-state index contributed by atoms with van der Waals surface area (Å²) >= 11 is 0. The van der Waals surface area contributed by atoms with Crippen LogP contribution in [0.1, 0.15) is 98.8 Å². The van der Waals surface area contributed by atoms with E-state index in [0.29, 0.717) is 11.5 Å². The maximum atomic E-state index is 11.6. The highest BCUT2D eigenvalue weighted by atomic mass is 16.5. The number of carbonyl (C=O) groups is 1. The molecule has 0 heterocycles. The molecule has 2 aromatic carbocycles. The van der Waals surface area contributed by atoms with E-state index in [0.717, 1.165) is 18.4 Å². The Hall–Kier alpha value is -2.35. The Morgan fingerprint density at radius 2 is 1.63 bits per heavy atom. The molecule has 2 nitrogen and oxygen atoms in total. The van der Waals surface area contributed by atoms with Crippen LogP contribution in [0, 0.1) is 0 Å². The average molecular weight is 405 g/mol. The molecule has 0 radical (unpaired) electrons. The first kappa shape index (κ1) is 22.3. The van der Waals surface area contributed by atoms with E-state index in [9.17, 15) is 4.79 Å². The highest BCUT2D eigenvalue weighted by molar-refractivity contribution is 5.89. The standard InChI is InChI=1S/C28H36O2/c1-7-8-21(12-9-20-10-13-22(14-11-20)26(29)30-6)23-15-16-24-25(19-23)28(4,5)18-17-27(24,2)3/h9-16,19,21H,7-8,17-18H2,1-6H3/b12-9+. The second-order valence-corrected chi connectivity index (χ2v) is 9.94. The molecule has 1 unspecified atom stereocenters. The van der Waals surface area contributed by atoms with E-state index in [1.165, 1.54) is 36.6 Å². The molecule has 0 saturated heterocycles. The van der Waals surface area contributed by atoms with Crippen molar-refractivity contribution in [1.82, 2.24) is 0 Å². The Labute approximate surface area is 182 Å². The van der Waals surface area contributed by atoms with Gasteiger partial charge in [-0.25, -0.2) is 4.79 Å². The smallest absolute Gasteiger partial charge is 0.337 e. The first-order valence-electron chi connectivity index (χ1n) is 11.2. The summed E-state index contributed by atoms with van der Waals surface area (Å²) in [6.45, 7) is 11.8. The minimum Gasteiger partial charge on any atom is -0.465 e. The molecule has 1 atom stereocenters. The maximum Gasteiger partial charge on any atom is 0.337 e. The van der Waals surface area contributed by atoms with Crippen molar-refractivity contribution in [3.63, 3.8) is 0 Å².